The van der Waals surface area contributed by atoms with Crippen LogP contribution in [-0.2, 0) is 0 Å². The van der Waals surface area contributed by atoms with Gasteiger partial charge in [0.25, 0.3) is 0 Å². The summed E-state index contributed by atoms with van der Waals surface area (Å²) >= 11 is 4.87. The van der Waals surface area contributed by atoms with Crippen LogP contribution in [0.1, 0.15) is 13.8 Å². The summed E-state index contributed by atoms with van der Waals surface area (Å²) < 4.78 is 0.404. The van der Waals surface area contributed by atoms with E-state index in [0.717, 1.165) is 11.3 Å². The largest absolute Gasteiger partial charge is 0.252 e. The van der Waals surface area contributed by atoms with E-state index >= 15 is 0 Å². The van der Waals surface area contributed by atoms with Gasteiger partial charge in [-0.2, -0.15) is 5.10 Å². The lowest BCUT2D eigenvalue weighted by Gasteiger charge is -1.97. The minimum Gasteiger partial charge on any atom is -0.252 e. The molecule has 15 heavy (non-hydrogen) atoms. The zero-order chi connectivity index (χ0) is 11.1. The Balaban J connectivity index is 0.000000531. The molecule has 0 radical (unpaired) electrons. The van der Waals surface area contributed by atoms with Gasteiger partial charge in [-0.15, -0.1) is 0 Å². The number of nitrogens with one attached hydrogen (secondary N) is 1. The molecule has 2 aromatic rings. The topological polar surface area (TPSA) is 41.6 Å². The summed E-state index contributed by atoms with van der Waals surface area (Å²) in [6.07, 6.45) is 1.66. The van der Waals surface area contributed by atoms with Crippen molar-refractivity contribution in [1.29, 1.82) is 0 Å². The second kappa shape index (κ2) is 6.03. The van der Waals surface area contributed by atoms with E-state index in [4.69, 9.17) is 12.2 Å². The average molecular weight is 219 g/mol. The van der Waals surface area contributed by atoms with Gasteiger partial charge in [0.1, 0.15) is 0 Å². The van der Waals surface area contributed by atoms with Crippen molar-refractivity contribution in [3.8, 4) is 11.3 Å². The highest BCUT2D eigenvalue weighted by molar-refractivity contribution is 7.71. The summed E-state index contributed by atoms with van der Waals surface area (Å²) in [4.78, 5) is 4.14. The van der Waals surface area contributed by atoms with Gasteiger partial charge in [-0.3, -0.25) is 5.10 Å². The molecule has 0 saturated heterocycles. The second-order valence-corrected chi connectivity index (χ2v) is 2.92. The molecule has 4 heteroatoms. The molecule has 3 nitrogen and oxygen atoms in total. The van der Waals surface area contributed by atoms with Crippen molar-refractivity contribution in [2.75, 3.05) is 0 Å². The number of hydrogen-bond donors (Lipinski definition) is 1. The molecule has 1 N–H and O–H groups in total. The van der Waals surface area contributed by atoms with Crippen LogP contribution in [0.3, 0.4) is 0 Å². The van der Waals surface area contributed by atoms with Crippen LogP contribution in [-0.4, -0.2) is 15.2 Å². The lowest BCUT2D eigenvalue weighted by atomic mass is 10.2. The summed E-state index contributed by atoms with van der Waals surface area (Å²) in [5.41, 5.74) is 1.82. The van der Waals surface area contributed by atoms with Crippen molar-refractivity contribution < 1.29 is 0 Å². The monoisotopic (exact) mass is 219 g/mol. The van der Waals surface area contributed by atoms with Gasteiger partial charge in [-0.1, -0.05) is 44.2 Å². The molecule has 1 heterocycles. The first-order valence-corrected chi connectivity index (χ1v) is 5.24. The second-order valence-electron chi connectivity index (χ2n) is 2.54. The van der Waals surface area contributed by atoms with Crippen molar-refractivity contribution >= 4 is 12.2 Å². The van der Waals surface area contributed by atoms with Crippen LogP contribution >= 0.6 is 12.2 Å². The minimum atomic E-state index is 0.404. The fourth-order valence-electron chi connectivity index (χ4n) is 1.06. The van der Waals surface area contributed by atoms with E-state index in [-0.39, 0.29) is 0 Å². The fourth-order valence-corrected chi connectivity index (χ4v) is 1.21. The highest BCUT2D eigenvalue weighted by Crippen LogP contribution is 2.13. The van der Waals surface area contributed by atoms with Crippen molar-refractivity contribution in [1.82, 2.24) is 15.2 Å². The van der Waals surface area contributed by atoms with E-state index in [1.807, 2.05) is 44.2 Å². The maximum Gasteiger partial charge on any atom is 0.214 e. The van der Waals surface area contributed by atoms with Gasteiger partial charge in [0.15, 0.2) is 0 Å². The zero-order valence-electron chi connectivity index (χ0n) is 8.77. The van der Waals surface area contributed by atoms with E-state index in [9.17, 15) is 0 Å². The Hall–Kier alpha value is -1.55. The standard InChI is InChI=1S/C9H7N3S.C2H6/c13-9-11-8(6-10-12-9)7-4-2-1-3-5-7;1-2/h1-6H,(H,11,12,13);1-2H3. The molecule has 0 spiro atoms. The van der Waals surface area contributed by atoms with Crippen molar-refractivity contribution in [3.63, 3.8) is 0 Å². The van der Waals surface area contributed by atoms with E-state index in [0.29, 0.717) is 4.77 Å². The van der Waals surface area contributed by atoms with Crippen molar-refractivity contribution in [2.24, 2.45) is 0 Å². The quantitative estimate of drug-likeness (QED) is 0.749. The Morgan fingerprint density at radius 3 is 2.40 bits per heavy atom. The Bertz CT molecular complexity index is 451. The maximum absolute atomic E-state index is 4.87. The molecule has 0 atom stereocenters. The summed E-state index contributed by atoms with van der Waals surface area (Å²) in [6.45, 7) is 4.00. The van der Waals surface area contributed by atoms with Gasteiger partial charge >= 0.3 is 0 Å². The van der Waals surface area contributed by atoms with Crippen LogP contribution in [0.4, 0.5) is 0 Å². The zero-order valence-corrected chi connectivity index (χ0v) is 9.58. The average Bonchev–Trinajstić information content (AvgIpc) is 2.33. The Morgan fingerprint density at radius 1 is 1.13 bits per heavy atom. The van der Waals surface area contributed by atoms with Gasteiger partial charge in [-0.25, -0.2) is 4.98 Å². The van der Waals surface area contributed by atoms with Crippen LogP contribution in [0.5, 0.6) is 0 Å². The van der Waals surface area contributed by atoms with Gasteiger partial charge in [0.05, 0.1) is 11.9 Å². The van der Waals surface area contributed by atoms with Crippen LogP contribution < -0.4 is 0 Å². The molecule has 78 valence electrons. The number of benzene rings is 1. The lowest BCUT2D eigenvalue weighted by molar-refractivity contribution is 0.953. The summed E-state index contributed by atoms with van der Waals surface area (Å²) in [7, 11) is 0. The third kappa shape index (κ3) is 3.25. The summed E-state index contributed by atoms with van der Waals surface area (Å²) in [5, 5.41) is 6.46. The van der Waals surface area contributed by atoms with E-state index in [2.05, 4.69) is 15.2 Å². The van der Waals surface area contributed by atoms with E-state index in [1.54, 1.807) is 6.20 Å². The predicted octanol–water partition coefficient (Wildman–Crippen LogP) is 3.23. The molecule has 0 amide bonds. The van der Waals surface area contributed by atoms with E-state index in [1.165, 1.54) is 0 Å². The first-order chi connectivity index (χ1) is 7.36. The van der Waals surface area contributed by atoms with Gasteiger partial charge in [0.2, 0.25) is 4.77 Å². The Kier molecular flexibility index (Phi) is 4.63. The van der Waals surface area contributed by atoms with Crippen LogP contribution in [0, 0.1) is 4.77 Å². The van der Waals surface area contributed by atoms with Crippen LogP contribution in [0.25, 0.3) is 11.3 Å². The molecule has 0 aliphatic rings. The molecule has 0 aliphatic carbocycles. The first-order valence-electron chi connectivity index (χ1n) is 4.83. The summed E-state index contributed by atoms with van der Waals surface area (Å²) in [5.74, 6) is 0. The van der Waals surface area contributed by atoms with Gasteiger partial charge in [-0.05, 0) is 12.2 Å². The number of aromatic nitrogens is 3. The third-order valence-corrected chi connectivity index (χ3v) is 1.82. The van der Waals surface area contributed by atoms with Crippen LogP contribution in [0.2, 0.25) is 0 Å². The highest BCUT2D eigenvalue weighted by Gasteiger charge is 1.96. The number of aromatic amines is 1. The highest BCUT2D eigenvalue weighted by atomic mass is 32.1. The van der Waals surface area contributed by atoms with Crippen molar-refractivity contribution in [3.05, 3.63) is 41.3 Å². The maximum atomic E-state index is 4.87. The van der Waals surface area contributed by atoms with Gasteiger partial charge < -0.3 is 0 Å². The molecule has 2 rings (SSSR count). The summed E-state index contributed by atoms with van der Waals surface area (Å²) in [6, 6.07) is 9.81. The Labute approximate surface area is 94.2 Å². The SMILES string of the molecule is CC.S=c1nc(-c2ccccc2)cn[nH]1. The molecule has 1 aromatic heterocycles. The molecule has 0 unspecified atom stereocenters. The molecule has 1 aromatic carbocycles. The number of H-pyrrole nitrogens is 1. The van der Waals surface area contributed by atoms with Gasteiger partial charge in [0, 0.05) is 5.56 Å². The predicted molar refractivity (Wildman–Crippen MR) is 64.0 cm³/mol. The molecule has 0 fully saturated rings. The first kappa shape index (κ1) is 11.5. The Morgan fingerprint density at radius 2 is 1.80 bits per heavy atom. The molecule has 0 saturated carbocycles. The minimum absolute atomic E-state index is 0.404. The van der Waals surface area contributed by atoms with E-state index < -0.39 is 0 Å². The number of hydrogen-bond acceptors (Lipinski definition) is 3. The molecular formula is C11H13N3S. The molecule has 0 bridgehead atoms. The lowest BCUT2D eigenvalue weighted by Crippen LogP contribution is -1.89. The number of nitrogens with zero attached hydrogens (tertiary/aromatic N) is 2. The molecular weight excluding hydrogens is 206 g/mol. The molecule has 0 aliphatic heterocycles. The third-order valence-electron chi connectivity index (χ3n) is 1.64. The normalized spacial score (nSPS) is 8.93. The van der Waals surface area contributed by atoms with Crippen LogP contribution in [0.15, 0.2) is 36.5 Å². The fraction of sp³-hybridized carbons (Fsp3) is 0.182. The smallest absolute Gasteiger partial charge is 0.214 e. The van der Waals surface area contributed by atoms with Crippen molar-refractivity contribution in [2.45, 2.75) is 13.8 Å². The number of rotatable bonds is 1.